The molecule has 22 heavy (non-hydrogen) atoms. The summed E-state index contributed by atoms with van der Waals surface area (Å²) in [6.45, 7) is 4.63. The normalized spacial score (nSPS) is 11.7. The number of hydrogen-bond donors (Lipinski definition) is 1. The molecular formula is C15H23BrN2O3S. The largest absolute Gasteiger partial charge is 0.326 e. The van der Waals surface area contributed by atoms with Gasteiger partial charge < -0.3 is 5.32 Å². The van der Waals surface area contributed by atoms with Crippen LogP contribution in [0.4, 0.5) is 5.69 Å². The lowest BCUT2D eigenvalue weighted by Crippen LogP contribution is -2.33. The number of nitrogens with one attached hydrogen (secondary N) is 1. The lowest BCUT2D eigenvalue weighted by molar-refractivity contribution is -0.116. The summed E-state index contributed by atoms with van der Waals surface area (Å²) < 4.78 is 25.6. The molecule has 7 heteroatoms. The van der Waals surface area contributed by atoms with E-state index in [1.165, 1.54) is 10.6 Å². The van der Waals surface area contributed by atoms with E-state index in [1.54, 1.807) is 0 Å². The van der Waals surface area contributed by atoms with Crippen molar-refractivity contribution in [3.63, 3.8) is 0 Å². The number of unbranched alkanes of at least 4 members (excludes halogenated alkanes) is 1. The Labute approximate surface area is 141 Å². The van der Waals surface area contributed by atoms with Gasteiger partial charge in [0.2, 0.25) is 15.9 Å². The van der Waals surface area contributed by atoms with E-state index in [9.17, 15) is 13.2 Å². The summed E-state index contributed by atoms with van der Waals surface area (Å²) in [7, 11) is -3.27. The number of nitrogens with zero attached hydrogens (tertiary/aromatic N) is 1. The number of rotatable bonds is 8. The molecule has 1 aromatic carbocycles. The number of anilines is 1. The molecule has 0 atom stereocenters. The number of hydrogen-bond acceptors (Lipinski definition) is 3. The molecule has 1 aromatic rings. The van der Waals surface area contributed by atoms with Gasteiger partial charge in [0, 0.05) is 29.7 Å². The van der Waals surface area contributed by atoms with Crippen molar-refractivity contribution in [2.24, 2.45) is 0 Å². The minimum Gasteiger partial charge on any atom is -0.326 e. The highest BCUT2D eigenvalue weighted by atomic mass is 79.9. The van der Waals surface area contributed by atoms with Crippen LogP contribution < -0.4 is 5.32 Å². The highest BCUT2D eigenvalue weighted by Crippen LogP contribution is 2.20. The maximum absolute atomic E-state index is 12.0. The fourth-order valence-electron chi connectivity index (χ4n) is 1.90. The van der Waals surface area contributed by atoms with E-state index in [2.05, 4.69) is 21.2 Å². The van der Waals surface area contributed by atoms with Crippen molar-refractivity contribution in [2.45, 2.75) is 33.1 Å². The molecule has 1 rings (SSSR count). The molecular weight excluding hydrogens is 368 g/mol. The average molecular weight is 391 g/mol. The molecule has 1 N–H and O–H groups in total. The summed E-state index contributed by atoms with van der Waals surface area (Å²) in [5.74, 6) is -0.194. The van der Waals surface area contributed by atoms with E-state index in [1.807, 2.05) is 32.0 Å². The Morgan fingerprint density at radius 2 is 2.00 bits per heavy atom. The van der Waals surface area contributed by atoms with Gasteiger partial charge in [0.05, 0.1) is 6.26 Å². The SMILES string of the molecule is CCCCN(CCC(=O)Nc1ccc(C)c(Br)c1)S(C)(=O)=O. The zero-order valence-corrected chi connectivity index (χ0v) is 15.6. The quantitative estimate of drug-likeness (QED) is 0.740. The molecule has 0 aliphatic heterocycles. The van der Waals surface area contributed by atoms with Gasteiger partial charge in [0.1, 0.15) is 0 Å². The van der Waals surface area contributed by atoms with Crippen molar-refractivity contribution in [1.82, 2.24) is 4.31 Å². The number of sulfonamides is 1. The van der Waals surface area contributed by atoms with E-state index in [4.69, 9.17) is 0 Å². The Bertz CT molecular complexity index is 617. The third-order valence-electron chi connectivity index (χ3n) is 3.27. The summed E-state index contributed by atoms with van der Waals surface area (Å²) >= 11 is 3.41. The Balaban J connectivity index is 2.58. The van der Waals surface area contributed by atoms with Crippen LogP contribution in [0.2, 0.25) is 0 Å². The van der Waals surface area contributed by atoms with Crippen molar-refractivity contribution in [3.8, 4) is 0 Å². The zero-order chi connectivity index (χ0) is 16.8. The lowest BCUT2D eigenvalue weighted by atomic mass is 10.2. The molecule has 0 aliphatic rings. The van der Waals surface area contributed by atoms with Gasteiger partial charge >= 0.3 is 0 Å². The van der Waals surface area contributed by atoms with Crippen LogP contribution in [-0.4, -0.2) is 38.0 Å². The number of carbonyl (C=O) groups is 1. The maximum Gasteiger partial charge on any atom is 0.225 e. The fraction of sp³-hybridized carbons (Fsp3) is 0.533. The summed E-state index contributed by atoms with van der Waals surface area (Å²) in [5, 5.41) is 2.78. The second-order valence-electron chi connectivity index (χ2n) is 5.28. The summed E-state index contributed by atoms with van der Waals surface area (Å²) in [4.78, 5) is 12.0. The molecule has 0 aromatic heterocycles. The molecule has 5 nitrogen and oxygen atoms in total. The van der Waals surface area contributed by atoms with Crippen molar-refractivity contribution >= 4 is 37.5 Å². The molecule has 1 amide bonds. The third-order valence-corrected chi connectivity index (χ3v) is 5.43. The first-order chi connectivity index (χ1) is 10.2. The van der Waals surface area contributed by atoms with Crippen LogP contribution in [-0.2, 0) is 14.8 Å². The summed E-state index contributed by atoms with van der Waals surface area (Å²) in [6, 6.07) is 5.56. The molecule has 0 saturated carbocycles. The van der Waals surface area contributed by atoms with Crippen LogP contribution in [0.25, 0.3) is 0 Å². The van der Waals surface area contributed by atoms with E-state index in [0.29, 0.717) is 12.2 Å². The minimum absolute atomic E-state index is 0.141. The lowest BCUT2D eigenvalue weighted by Gasteiger charge is -2.19. The van der Waals surface area contributed by atoms with Gasteiger partial charge in [-0.15, -0.1) is 0 Å². The molecule has 0 saturated heterocycles. The second kappa shape index (κ2) is 8.64. The van der Waals surface area contributed by atoms with Crippen LogP contribution in [0, 0.1) is 6.92 Å². The Morgan fingerprint density at radius 1 is 1.32 bits per heavy atom. The van der Waals surface area contributed by atoms with E-state index < -0.39 is 10.0 Å². The standard InChI is InChI=1S/C15H23BrN2O3S/c1-4-5-9-18(22(3,20)21)10-8-15(19)17-13-7-6-12(2)14(16)11-13/h6-7,11H,4-5,8-10H2,1-3H3,(H,17,19). The number of amides is 1. The summed E-state index contributed by atoms with van der Waals surface area (Å²) in [5.41, 5.74) is 1.78. The van der Waals surface area contributed by atoms with Gasteiger partial charge in [0.15, 0.2) is 0 Å². The molecule has 124 valence electrons. The van der Waals surface area contributed by atoms with E-state index >= 15 is 0 Å². The summed E-state index contributed by atoms with van der Waals surface area (Å²) in [6.07, 6.45) is 3.02. The number of carbonyl (C=O) groups excluding carboxylic acids is 1. The predicted molar refractivity (Wildman–Crippen MR) is 93.5 cm³/mol. The van der Waals surface area contributed by atoms with Crippen LogP contribution >= 0.6 is 15.9 Å². The number of halogens is 1. The first-order valence-corrected chi connectivity index (χ1v) is 9.89. The average Bonchev–Trinajstić information content (AvgIpc) is 2.41. The minimum atomic E-state index is -3.27. The molecule has 0 spiro atoms. The Morgan fingerprint density at radius 3 is 2.55 bits per heavy atom. The maximum atomic E-state index is 12.0. The first kappa shape index (κ1) is 19.1. The van der Waals surface area contributed by atoms with Gasteiger partial charge in [-0.05, 0) is 31.0 Å². The molecule has 0 radical (unpaired) electrons. The number of aryl methyl sites for hydroxylation is 1. The van der Waals surface area contributed by atoms with Gasteiger partial charge in [-0.2, -0.15) is 0 Å². The highest BCUT2D eigenvalue weighted by molar-refractivity contribution is 9.10. The molecule has 0 bridgehead atoms. The molecule has 0 aliphatic carbocycles. The first-order valence-electron chi connectivity index (χ1n) is 7.25. The van der Waals surface area contributed by atoms with Crippen molar-refractivity contribution in [3.05, 3.63) is 28.2 Å². The van der Waals surface area contributed by atoms with Crippen LogP contribution in [0.1, 0.15) is 31.7 Å². The van der Waals surface area contributed by atoms with Crippen LogP contribution in [0.5, 0.6) is 0 Å². The van der Waals surface area contributed by atoms with Gasteiger partial charge in [0.25, 0.3) is 0 Å². The smallest absolute Gasteiger partial charge is 0.225 e. The second-order valence-corrected chi connectivity index (χ2v) is 8.11. The van der Waals surface area contributed by atoms with Crippen molar-refractivity contribution in [1.29, 1.82) is 0 Å². The van der Waals surface area contributed by atoms with Gasteiger partial charge in [-0.25, -0.2) is 12.7 Å². The molecule has 0 heterocycles. The monoisotopic (exact) mass is 390 g/mol. The van der Waals surface area contributed by atoms with Gasteiger partial charge in [-0.3, -0.25) is 4.79 Å². The fourth-order valence-corrected chi connectivity index (χ4v) is 3.16. The Hall–Kier alpha value is -0.920. The topological polar surface area (TPSA) is 66.5 Å². The zero-order valence-electron chi connectivity index (χ0n) is 13.2. The number of benzene rings is 1. The van der Waals surface area contributed by atoms with Gasteiger partial charge in [-0.1, -0.05) is 35.3 Å². The molecule has 0 unspecified atom stereocenters. The molecule has 0 fully saturated rings. The van der Waals surface area contributed by atoms with E-state index in [-0.39, 0.29) is 18.9 Å². The Kier molecular flexibility index (Phi) is 7.52. The highest BCUT2D eigenvalue weighted by Gasteiger charge is 2.17. The van der Waals surface area contributed by atoms with E-state index in [0.717, 1.165) is 22.9 Å². The van der Waals surface area contributed by atoms with Crippen molar-refractivity contribution in [2.75, 3.05) is 24.7 Å². The van der Waals surface area contributed by atoms with Crippen LogP contribution in [0.15, 0.2) is 22.7 Å². The predicted octanol–water partition coefficient (Wildman–Crippen LogP) is 3.15. The van der Waals surface area contributed by atoms with Crippen molar-refractivity contribution < 1.29 is 13.2 Å². The third kappa shape index (κ3) is 6.46. The van der Waals surface area contributed by atoms with Crippen LogP contribution in [0.3, 0.4) is 0 Å².